The molecule has 0 atom stereocenters. The summed E-state index contributed by atoms with van der Waals surface area (Å²) in [6, 6.07) is 8.09. The van der Waals surface area contributed by atoms with E-state index in [4.69, 9.17) is 9.72 Å². The summed E-state index contributed by atoms with van der Waals surface area (Å²) < 4.78 is 5.45. The number of benzene rings is 1. The van der Waals surface area contributed by atoms with Gasteiger partial charge in [-0.05, 0) is 32.4 Å². The largest absolute Gasteiger partial charge is 0.378 e. The minimum Gasteiger partial charge on any atom is -0.378 e. The molecule has 29 heavy (non-hydrogen) atoms. The molecular weight excluding hydrogens is 366 g/mol. The molecule has 0 unspecified atom stereocenters. The molecule has 0 spiro atoms. The van der Waals surface area contributed by atoms with Gasteiger partial charge < -0.3 is 19.4 Å². The molecule has 2 fully saturated rings. The highest BCUT2D eigenvalue weighted by atomic mass is 16.5. The molecule has 0 aliphatic carbocycles. The topological polar surface area (TPSA) is 61.8 Å². The lowest BCUT2D eigenvalue weighted by Crippen LogP contribution is -2.49. The van der Waals surface area contributed by atoms with Gasteiger partial charge in [0.1, 0.15) is 5.82 Å². The first-order valence-electron chi connectivity index (χ1n) is 10.3. The van der Waals surface area contributed by atoms with Crippen LogP contribution in [0.15, 0.2) is 24.3 Å². The molecule has 154 valence electrons. The van der Waals surface area contributed by atoms with E-state index in [9.17, 15) is 4.79 Å². The standard InChI is InChI=1S/C22H29N5O2/c1-16-4-5-17(2)19(14-16)21(28)26-6-8-27(9-7-26)22-23-18(3)15-20(24-22)25-10-12-29-13-11-25/h4-5,14-15H,6-13H2,1-3H3. The monoisotopic (exact) mass is 395 g/mol. The van der Waals surface area contributed by atoms with Crippen LogP contribution in [0.4, 0.5) is 11.8 Å². The Labute approximate surface area is 172 Å². The van der Waals surface area contributed by atoms with E-state index in [-0.39, 0.29) is 5.91 Å². The summed E-state index contributed by atoms with van der Waals surface area (Å²) in [4.78, 5) is 28.8. The molecule has 0 bridgehead atoms. The van der Waals surface area contributed by atoms with Crippen LogP contribution in [-0.4, -0.2) is 73.3 Å². The molecule has 4 rings (SSSR count). The van der Waals surface area contributed by atoms with Gasteiger partial charge in [-0.25, -0.2) is 4.98 Å². The van der Waals surface area contributed by atoms with Crippen molar-refractivity contribution in [1.29, 1.82) is 0 Å². The fraction of sp³-hybridized carbons (Fsp3) is 0.500. The Balaban J connectivity index is 1.45. The number of nitrogens with zero attached hydrogens (tertiary/aromatic N) is 5. The molecule has 0 N–H and O–H groups in total. The summed E-state index contributed by atoms with van der Waals surface area (Å²) in [6.07, 6.45) is 0. The Morgan fingerprint density at radius 3 is 2.34 bits per heavy atom. The van der Waals surface area contributed by atoms with Crippen molar-refractivity contribution in [3.63, 3.8) is 0 Å². The van der Waals surface area contributed by atoms with Crippen molar-refractivity contribution >= 4 is 17.7 Å². The minimum atomic E-state index is 0.116. The van der Waals surface area contributed by atoms with Crippen molar-refractivity contribution in [2.24, 2.45) is 0 Å². The molecule has 2 aliphatic heterocycles. The lowest BCUT2D eigenvalue weighted by Gasteiger charge is -2.36. The second-order valence-electron chi connectivity index (χ2n) is 7.86. The zero-order valence-corrected chi connectivity index (χ0v) is 17.5. The van der Waals surface area contributed by atoms with Gasteiger partial charge in [-0.2, -0.15) is 4.98 Å². The Bertz CT molecular complexity index is 887. The van der Waals surface area contributed by atoms with E-state index in [0.29, 0.717) is 13.1 Å². The van der Waals surface area contributed by atoms with Crippen LogP contribution in [-0.2, 0) is 4.74 Å². The number of aromatic nitrogens is 2. The van der Waals surface area contributed by atoms with Gasteiger partial charge in [0, 0.05) is 56.6 Å². The van der Waals surface area contributed by atoms with Crippen LogP contribution in [0, 0.1) is 20.8 Å². The molecule has 3 heterocycles. The lowest BCUT2D eigenvalue weighted by atomic mass is 10.0. The number of rotatable bonds is 3. The van der Waals surface area contributed by atoms with Gasteiger partial charge in [-0.3, -0.25) is 4.79 Å². The van der Waals surface area contributed by atoms with Crippen LogP contribution in [0.25, 0.3) is 0 Å². The molecule has 0 radical (unpaired) electrons. The van der Waals surface area contributed by atoms with Crippen LogP contribution in [0.2, 0.25) is 0 Å². The second kappa shape index (κ2) is 8.37. The van der Waals surface area contributed by atoms with Gasteiger partial charge in [0.25, 0.3) is 5.91 Å². The van der Waals surface area contributed by atoms with Gasteiger partial charge in [-0.1, -0.05) is 17.7 Å². The number of ether oxygens (including phenoxy) is 1. The van der Waals surface area contributed by atoms with E-state index in [2.05, 4.69) is 14.8 Å². The maximum atomic E-state index is 13.0. The number of hydrogen-bond donors (Lipinski definition) is 0. The summed E-state index contributed by atoms with van der Waals surface area (Å²) in [7, 11) is 0. The van der Waals surface area contributed by atoms with Gasteiger partial charge in [0.15, 0.2) is 0 Å². The molecule has 2 aromatic rings. The molecule has 0 saturated carbocycles. The van der Waals surface area contributed by atoms with Crippen molar-refractivity contribution < 1.29 is 9.53 Å². The third-order valence-electron chi connectivity index (χ3n) is 5.64. The molecule has 7 heteroatoms. The van der Waals surface area contributed by atoms with Crippen LogP contribution in [0.5, 0.6) is 0 Å². The highest BCUT2D eigenvalue weighted by Crippen LogP contribution is 2.21. The maximum absolute atomic E-state index is 13.0. The zero-order valence-electron chi connectivity index (χ0n) is 17.5. The number of hydrogen-bond acceptors (Lipinski definition) is 6. The fourth-order valence-electron chi connectivity index (χ4n) is 3.88. The maximum Gasteiger partial charge on any atom is 0.254 e. The first-order chi connectivity index (χ1) is 14.0. The third-order valence-corrected chi connectivity index (χ3v) is 5.64. The molecule has 1 aromatic heterocycles. The van der Waals surface area contributed by atoms with Crippen LogP contribution >= 0.6 is 0 Å². The Hall–Kier alpha value is -2.67. The highest BCUT2D eigenvalue weighted by Gasteiger charge is 2.25. The first kappa shape index (κ1) is 19.6. The number of morpholine rings is 1. The smallest absolute Gasteiger partial charge is 0.254 e. The normalized spacial score (nSPS) is 17.6. The molecule has 7 nitrogen and oxygen atoms in total. The van der Waals surface area contributed by atoms with E-state index in [1.807, 2.05) is 49.9 Å². The molecule has 2 saturated heterocycles. The van der Waals surface area contributed by atoms with Gasteiger partial charge in [0.05, 0.1) is 13.2 Å². The van der Waals surface area contributed by atoms with E-state index in [0.717, 1.165) is 73.5 Å². The van der Waals surface area contributed by atoms with E-state index >= 15 is 0 Å². The van der Waals surface area contributed by atoms with Gasteiger partial charge >= 0.3 is 0 Å². The minimum absolute atomic E-state index is 0.116. The van der Waals surface area contributed by atoms with Gasteiger partial charge in [0.2, 0.25) is 5.95 Å². The lowest BCUT2D eigenvalue weighted by molar-refractivity contribution is 0.0745. The number of carbonyl (C=O) groups excluding carboxylic acids is 1. The second-order valence-corrected chi connectivity index (χ2v) is 7.86. The van der Waals surface area contributed by atoms with E-state index < -0.39 is 0 Å². The van der Waals surface area contributed by atoms with Crippen LogP contribution < -0.4 is 9.80 Å². The summed E-state index contributed by atoms with van der Waals surface area (Å²) in [5.41, 5.74) is 3.91. The molecular formula is C22H29N5O2. The van der Waals surface area contributed by atoms with Crippen LogP contribution in [0.3, 0.4) is 0 Å². The summed E-state index contributed by atoms with van der Waals surface area (Å²) in [6.45, 7) is 12.0. The molecule has 1 amide bonds. The average molecular weight is 396 g/mol. The Kier molecular flexibility index (Phi) is 5.67. The summed E-state index contributed by atoms with van der Waals surface area (Å²) >= 11 is 0. The SMILES string of the molecule is Cc1ccc(C)c(C(=O)N2CCN(c3nc(C)cc(N4CCOCC4)n3)CC2)c1. The summed E-state index contributed by atoms with van der Waals surface area (Å²) in [5.74, 6) is 1.83. The molecule has 1 aromatic carbocycles. The number of anilines is 2. The van der Waals surface area contributed by atoms with Crippen molar-refractivity contribution in [2.45, 2.75) is 20.8 Å². The van der Waals surface area contributed by atoms with Crippen molar-refractivity contribution in [1.82, 2.24) is 14.9 Å². The van der Waals surface area contributed by atoms with Crippen molar-refractivity contribution in [3.05, 3.63) is 46.6 Å². The Morgan fingerprint density at radius 1 is 0.897 bits per heavy atom. The van der Waals surface area contributed by atoms with Crippen LogP contribution in [0.1, 0.15) is 27.2 Å². The highest BCUT2D eigenvalue weighted by molar-refractivity contribution is 5.96. The number of carbonyl (C=O) groups is 1. The average Bonchev–Trinajstić information content (AvgIpc) is 2.75. The van der Waals surface area contributed by atoms with Crippen molar-refractivity contribution in [2.75, 3.05) is 62.3 Å². The predicted molar refractivity (Wildman–Crippen MR) is 114 cm³/mol. The summed E-state index contributed by atoms with van der Waals surface area (Å²) in [5, 5.41) is 0. The number of piperazine rings is 1. The Morgan fingerprint density at radius 2 is 1.62 bits per heavy atom. The van der Waals surface area contributed by atoms with E-state index in [1.165, 1.54) is 0 Å². The zero-order chi connectivity index (χ0) is 20.4. The molecule has 2 aliphatic rings. The fourth-order valence-corrected chi connectivity index (χ4v) is 3.88. The first-order valence-corrected chi connectivity index (χ1v) is 10.3. The van der Waals surface area contributed by atoms with Gasteiger partial charge in [-0.15, -0.1) is 0 Å². The predicted octanol–water partition coefficient (Wildman–Crippen LogP) is 2.20. The third kappa shape index (κ3) is 4.34. The number of aryl methyl sites for hydroxylation is 3. The van der Waals surface area contributed by atoms with Crippen molar-refractivity contribution in [3.8, 4) is 0 Å². The quantitative estimate of drug-likeness (QED) is 0.794. The number of amides is 1. The van der Waals surface area contributed by atoms with E-state index in [1.54, 1.807) is 0 Å².